The average Bonchev–Trinajstić information content (AvgIpc) is 2.25. The number of nitriles is 1. The minimum absolute atomic E-state index is 0.334. The summed E-state index contributed by atoms with van der Waals surface area (Å²) in [5.74, 6) is 0.548. The minimum atomic E-state index is 0.334. The van der Waals surface area contributed by atoms with E-state index >= 15 is 0 Å². The predicted octanol–water partition coefficient (Wildman–Crippen LogP) is 0.499. The fraction of sp³-hybridized carbons (Fsp3) is 0.444. The molecule has 1 rings (SSSR count). The molecule has 5 heteroatoms. The monoisotopic (exact) mass is 191 g/mol. The Morgan fingerprint density at radius 2 is 2.14 bits per heavy atom. The third-order valence-electron chi connectivity index (χ3n) is 1.73. The second kappa shape index (κ2) is 5.89. The topological polar surface area (TPSA) is 87.6 Å². The van der Waals surface area contributed by atoms with Gasteiger partial charge in [0.15, 0.2) is 11.5 Å². The van der Waals surface area contributed by atoms with Gasteiger partial charge in [-0.15, -0.1) is 0 Å². The van der Waals surface area contributed by atoms with Crippen molar-refractivity contribution in [1.29, 1.82) is 5.26 Å². The zero-order valence-electron chi connectivity index (χ0n) is 7.90. The molecule has 1 heterocycles. The first-order valence-electron chi connectivity index (χ1n) is 4.53. The van der Waals surface area contributed by atoms with Crippen LogP contribution in [0.3, 0.4) is 0 Å². The van der Waals surface area contributed by atoms with Crippen LogP contribution in [0.15, 0.2) is 12.4 Å². The van der Waals surface area contributed by atoms with Gasteiger partial charge < -0.3 is 11.1 Å². The molecule has 1 aromatic rings. The summed E-state index contributed by atoms with van der Waals surface area (Å²) in [4.78, 5) is 7.91. The van der Waals surface area contributed by atoms with E-state index in [9.17, 15) is 0 Å². The molecule has 0 atom stereocenters. The molecule has 5 nitrogen and oxygen atoms in total. The Labute approximate surface area is 83.0 Å². The van der Waals surface area contributed by atoms with E-state index in [0.717, 1.165) is 19.4 Å². The quantitative estimate of drug-likeness (QED) is 0.662. The molecule has 0 fully saturated rings. The van der Waals surface area contributed by atoms with Crippen LogP contribution in [0.2, 0.25) is 0 Å². The summed E-state index contributed by atoms with van der Waals surface area (Å²) in [5, 5.41) is 11.8. The number of hydrogen-bond acceptors (Lipinski definition) is 5. The Morgan fingerprint density at radius 1 is 1.36 bits per heavy atom. The highest BCUT2D eigenvalue weighted by atomic mass is 15.0. The van der Waals surface area contributed by atoms with Crippen molar-refractivity contribution in [3.8, 4) is 6.07 Å². The lowest BCUT2D eigenvalue weighted by molar-refractivity contribution is 0.771. The molecule has 0 saturated carbocycles. The van der Waals surface area contributed by atoms with Crippen molar-refractivity contribution >= 4 is 5.82 Å². The zero-order chi connectivity index (χ0) is 10.2. The molecule has 74 valence electrons. The first-order chi connectivity index (χ1) is 6.88. The Kier molecular flexibility index (Phi) is 4.38. The first-order valence-corrected chi connectivity index (χ1v) is 4.53. The largest absolute Gasteiger partial charge is 0.368 e. The number of anilines is 1. The number of aromatic nitrogens is 2. The van der Waals surface area contributed by atoms with Gasteiger partial charge in [0.2, 0.25) is 0 Å². The van der Waals surface area contributed by atoms with Crippen LogP contribution < -0.4 is 11.1 Å². The van der Waals surface area contributed by atoms with E-state index in [1.54, 1.807) is 6.20 Å². The van der Waals surface area contributed by atoms with Crippen molar-refractivity contribution in [2.24, 2.45) is 5.73 Å². The lowest BCUT2D eigenvalue weighted by atomic mass is 10.3. The molecule has 0 aliphatic heterocycles. The third-order valence-corrected chi connectivity index (χ3v) is 1.73. The van der Waals surface area contributed by atoms with Gasteiger partial charge in [-0.3, -0.25) is 0 Å². The highest BCUT2D eigenvalue weighted by molar-refractivity contribution is 5.46. The van der Waals surface area contributed by atoms with Gasteiger partial charge in [0.1, 0.15) is 6.07 Å². The van der Waals surface area contributed by atoms with Crippen molar-refractivity contribution in [3.05, 3.63) is 18.1 Å². The van der Waals surface area contributed by atoms with Crippen LogP contribution in [-0.2, 0) is 0 Å². The van der Waals surface area contributed by atoms with E-state index < -0.39 is 0 Å². The van der Waals surface area contributed by atoms with Crippen LogP contribution in [0, 0.1) is 11.3 Å². The fourth-order valence-corrected chi connectivity index (χ4v) is 1.03. The van der Waals surface area contributed by atoms with Crippen molar-refractivity contribution in [2.75, 3.05) is 18.4 Å². The summed E-state index contributed by atoms with van der Waals surface area (Å²) < 4.78 is 0. The molecule has 0 aliphatic rings. The zero-order valence-corrected chi connectivity index (χ0v) is 7.90. The number of unbranched alkanes of at least 4 members (excludes halogenated alkanes) is 1. The molecule has 0 saturated heterocycles. The Balaban J connectivity index is 2.46. The van der Waals surface area contributed by atoms with Crippen molar-refractivity contribution < 1.29 is 0 Å². The normalized spacial score (nSPS) is 9.43. The van der Waals surface area contributed by atoms with E-state index in [1.165, 1.54) is 6.20 Å². The van der Waals surface area contributed by atoms with Gasteiger partial charge in [0, 0.05) is 18.9 Å². The molecule has 1 aromatic heterocycles. The summed E-state index contributed by atoms with van der Waals surface area (Å²) in [6.07, 6.45) is 5.00. The molecule has 3 N–H and O–H groups in total. The second-order valence-corrected chi connectivity index (χ2v) is 2.79. The van der Waals surface area contributed by atoms with Crippen LogP contribution in [-0.4, -0.2) is 23.1 Å². The molecule has 0 bridgehead atoms. The summed E-state index contributed by atoms with van der Waals surface area (Å²) in [5.41, 5.74) is 5.69. The average molecular weight is 191 g/mol. The number of rotatable bonds is 5. The van der Waals surface area contributed by atoms with E-state index in [-0.39, 0.29) is 0 Å². The van der Waals surface area contributed by atoms with E-state index in [4.69, 9.17) is 11.0 Å². The Morgan fingerprint density at radius 3 is 2.86 bits per heavy atom. The third kappa shape index (κ3) is 2.99. The standard InChI is InChI=1S/C9H13N5/c10-3-1-2-4-13-9-8(7-11)12-5-6-14-9/h5-6H,1-4,10H2,(H,13,14). The van der Waals surface area contributed by atoms with Gasteiger partial charge in [-0.25, -0.2) is 9.97 Å². The van der Waals surface area contributed by atoms with E-state index in [2.05, 4.69) is 15.3 Å². The maximum atomic E-state index is 8.71. The van der Waals surface area contributed by atoms with Gasteiger partial charge in [0.05, 0.1) is 0 Å². The molecular formula is C9H13N5. The maximum Gasteiger partial charge on any atom is 0.182 e. The smallest absolute Gasteiger partial charge is 0.182 e. The summed E-state index contributed by atoms with van der Waals surface area (Å²) in [6, 6.07) is 1.98. The lowest BCUT2D eigenvalue weighted by Crippen LogP contribution is -2.08. The molecule has 0 aliphatic carbocycles. The Bertz CT molecular complexity index is 317. The summed E-state index contributed by atoms with van der Waals surface area (Å²) in [7, 11) is 0. The molecule has 0 aromatic carbocycles. The number of nitrogens with one attached hydrogen (secondary N) is 1. The SMILES string of the molecule is N#Cc1nccnc1NCCCCN. The van der Waals surface area contributed by atoms with Crippen LogP contribution in [0.4, 0.5) is 5.82 Å². The highest BCUT2D eigenvalue weighted by Gasteiger charge is 2.01. The molecule has 14 heavy (non-hydrogen) atoms. The van der Waals surface area contributed by atoms with Crippen LogP contribution >= 0.6 is 0 Å². The van der Waals surface area contributed by atoms with Gasteiger partial charge in [0.25, 0.3) is 0 Å². The maximum absolute atomic E-state index is 8.71. The van der Waals surface area contributed by atoms with Crippen molar-refractivity contribution in [3.63, 3.8) is 0 Å². The Hall–Kier alpha value is -1.67. The van der Waals surface area contributed by atoms with E-state index in [0.29, 0.717) is 18.1 Å². The van der Waals surface area contributed by atoms with Crippen LogP contribution in [0.5, 0.6) is 0 Å². The van der Waals surface area contributed by atoms with Crippen molar-refractivity contribution in [1.82, 2.24) is 9.97 Å². The molecule has 0 radical (unpaired) electrons. The second-order valence-electron chi connectivity index (χ2n) is 2.79. The summed E-state index contributed by atoms with van der Waals surface area (Å²) in [6.45, 7) is 1.46. The van der Waals surface area contributed by atoms with Crippen LogP contribution in [0.25, 0.3) is 0 Å². The fourth-order valence-electron chi connectivity index (χ4n) is 1.03. The minimum Gasteiger partial charge on any atom is -0.368 e. The number of hydrogen-bond donors (Lipinski definition) is 2. The molecular weight excluding hydrogens is 178 g/mol. The predicted molar refractivity (Wildman–Crippen MR) is 53.5 cm³/mol. The van der Waals surface area contributed by atoms with Gasteiger partial charge >= 0.3 is 0 Å². The molecule has 0 spiro atoms. The van der Waals surface area contributed by atoms with Crippen molar-refractivity contribution in [2.45, 2.75) is 12.8 Å². The number of nitrogens with zero attached hydrogens (tertiary/aromatic N) is 3. The van der Waals surface area contributed by atoms with Gasteiger partial charge in [-0.1, -0.05) is 0 Å². The number of nitrogens with two attached hydrogens (primary N) is 1. The van der Waals surface area contributed by atoms with Gasteiger partial charge in [-0.05, 0) is 19.4 Å². The van der Waals surface area contributed by atoms with Crippen LogP contribution in [0.1, 0.15) is 18.5 Å². The van der Waals surface area contributed by atoms with Gasteiger partial charge in [-0.2, -0.15) is 5.26 Å². The summed E-state index contributed by atoms with van der Waals surface area (Å²) >= 11 is 0. The lowest BCUT2D eigenvalue weighted by Gasteiger charge is -2.04. The first kappa shape index (κ1) is 10.4. The molecule has 0 unspecified atom stereocenters. The molecule has 0 amide bonds. The van der Waals surface area contributed by atoms with E-state index in [1.807, 2.05) is 6.07 Å². The highest BCUT2D eigenvalue weighted by Crippen LogP contribution is 2.05.